The second-order valence-corrected chi connectivity index (χ2v) is 5.88. The zero-order chi connectivity index (χ0) is 16.8. The Labute approximate surface area is 147 Å². The molecule has 3 nitrogen and oxygen atoms in total. The van der Waals surface area contributed by atoms with E-state index < -0.39 is 0 Å². The van der Waals surface area contributed by atoms with Gasteiger partial charge in [-0.3, -0.25) is 0 Å². The van der Waals surface area contributed by atoms with Crippen LogP contribution >= 0.6 is 12.2 Å². The summed E-state index contributed by atoms with van der Waals surface area (Å²) < 4.78 is 5.60. The van der Waals surface area contributed by atoms with Gasteiger partial charge in [0.25, 0.3) is 0 Å². The van der Waals surface area contributed by atoms with Crippen LogP contribution in [0.2, 0.25) is 0 Å². The molecule has 0 amide bonds. The summed E-state index contributed by atoms with van der Waals surface area (Å²) in [4.78, 5) is 0. The Bertz CT molecular complexity index is 784. The summed E-state index contributed by atoms with van der Waals surface area (Å²) in [6.45, 7) is 2.13. The number of hydrogen-bond donors (Lipinski definition) is 2. The molecule has 3 aromatic rings. The van der Waals surface area contributed by atoms with E-state index in [-0.39, 0.29) is 6.04 Å². The van der Waals surface area contributed by atoms with Gasteiger partial charge in [-0.05, 0) is 48.0 Å². The fourth-order valence-electron chi connectivity index (χ4n) is 2.66. The molecule has 0 aliphatic carbocycles. The monoisotopic (exact) mass is 336 g/mol. The van der Waals surface area contributed by atoms with Gasteiger partial charge in [0, 0.05) is 5.69 Å². The third-order valence-corrected chi connectivity index (χ3v) is 4.10. The highest BCUT2D eigenvalue weighted by Gasteiger charge is 2.18. The van der Waals surface area contributed by atoms with E-state index in [1.165, 1.54) is 5.56 Å². The Kier molecular flexibility index (Phi) is 5.29. The maximum Gasteiger partial charge on any atom is 0.171 e. The van der Waals surface area contributed by atoms with Crippen LogP contribution in [0.15, 0.2) is 77.4 Å². The van der Waals surface area contributed by atoms with Gasteiger partial charge < -0.3 is 15.1 Å². The normalized spacial score (nSPS) is 11.7. The molecule has 0 aliphatic rings. The Morgan fingerprint density at radius 2 is 1.75 bits per heavy atom. The van der Waals surface area contributed by atoms with Crippen molar-refractivity contribution < 1.29 is 4.42 Å². The van der Waals surface area contributed by atoms with Crippen LogP contribution < -0.4 is 10.6 Å². The molecule has 122 valence electrons. The highest BCUT2D eigenvalue weighted by Crippen LogP contribution is 2.23. The molecule has 4 heteroatoms. The predicted octanol–water partition coefficient (Wildman–Crippen LogP) is 4.92. The number of anilines is 1. The fraction of sp³-hybridized carbons (Fsp3) is 0.150. The summed E-state index contributed by atoms with van der Waals surface area (Å²) in [6, 6.07) is 22.0. The average Bonchev–Trinajstić information content (AvgIpc) is 3.15. The van der Waals surface area contributed by atoms with Gasteiger partial charge in [-0.15, -0.1) is 0 Å². The number of benzene rings is 2. The number of thiocarbonyl (C=S) groups is 1. The summed E-state index contributed by atoms with van der Waals surface area (Å²) in [6.07, 6.45) is 2.63. The van der Waals surface area contributed by atoms with Crippen LogP contribution in [0.4, 0.5) is 5.69 Å². The van der Waals surface area contributed by atoms with Crippen LogP contribution in [0.3, 0.4) is 0 Å². The van der Waals surface area contributed by atoms with E-state index >= 15 is 0 Å². The van der Waals surface area contributed by atoms with E-state index in [4.69, 9.17) is 16.6 Å². The van der Waals surface area contributed by atoms with Crippen molar-refractivity contribution in [3.8, 4) is 0 Å². The zero-order valence-electron chi connectivity index (χ0n) is 13.5. The van der Waals surface area contributed by atoms with Crippen molar-refractivity contribution in [1.29, 1.82) is 0 Å². The van der Waals surface area contributed by atoms with Crippen molar-refractivity contribution in [3.05, 3.63) is 89.9 Å². The van der Waals surface area contributed by atoms with Gasteiger partial charge in [-0.1, -0.05) is 55.5 Å². The largest absolute Gasteiger partial charge is 0.467 e. The Morgan fingerprint density at radius 3 is 2.46 bits per heavy atom. The molecule has 0 radical (unpaired) electrons. The van der Waals surface area contributed by atoms with E-state index in [1.807, 2.05) is 48.5 Å². The van der Waals surface area contributed by atoms with E-state index in [2.05, 4.69) is 35.8 Å². The number of aryl methyl sites for hydroxylation is 1. The van der Waals surface area contributed by atoms with E-state index in [0.717, 1.165) is 23.4 Å². The SMILES string of the molecule is CCc1ccccc1NC(=S)N[C@@H](c1ccccc1)c1ccco1. The first kappa shape index (κ1) is 16.3. The zero-order valence-corrected chi connectivity index (χ0v) is 14.3. The molecular formula is C20H20N2OS. The summed E-state index contributed by atoms with van der Waals surface area (Å²) in [5.41, 5.74) is 3.36. The van der Waals surface area contributed by atoms with E-state index in [1.54, 1.807) is 6.26 Å². The lowest BCUT2D eigenvalue weighted by Gasteiger charge is -2.20. The number of rotatable bonds is 5. The highest BCUT2D eigenvalue weighted by molar-refractivity contribution is 7.80. The first-order valence-electron chi connectivity index (χ1n) is 8.01. The first-order valence-corrected chi connectivity index (χ1v) is 8.42. The lowest BCUT2D eigenvalue weighted by Crippen LogP contribution is -2.33. The molecule has 2 aromatic carbocycles. The molecule has 0 saturated carbocycles. The number of hydrogen-bond acceptors (Lipinski definition) is 2. The summed E-state index contributed by atoms with van der Waals surface area (Å²) >= 11 is 5.53. The maximum atomic E-state index is 5.60. The van der Waals surface area contributed by atoms with E-state index in [9.17, 15) is 0 Å². The molecule has 24 heavy (non-hydrogen) atoms. The van der Waals surface area contributed by atoms with Gasteiger partial charge in [0.2, 0.25) is 0 Å². The minimum Gasteiger partial charge on any atom is -0.467 e. The lowest BCUT2D eigenvalue weighted by molar-refractivity contribution is 0.476. The molecule has 0 spiro atoms. The lowest BCUT2D eigenvalue weighted by atomic mass is 10.0. The van der Waals surface area contributed by atoms with Crippen LogP contribution in [0.1, 0.15) is 29.9 Å². The summed E-state index contributed by atoms with van der Waals surface area (Å²) in [5.74, 6) is 0.828. The van der Waals surface area contributed by atoms with Crippen LogP contribution in [0.5, 0.6) is 0 Å². The van der Waals surface area contributed by atoms with Crippen molar-refractivity contribution in [2.75, 3.05) is 5.32 Å². The molecule has 1 heterocycles. The molecule has 0 aliphatic heterocycles. The van der Waals surface area contributed by atoms with Gasteiger partial charge in [-0.25, -0.2) is 0 Å². The fourth-order valence-corrected chi connectivity index (χ4v) is 2.89. The van der Waals surface area contributed by atoms with Crippen molar-refractivity contribution in [2.45, 2.75) is 19.4 Å². The van der Waals surface area contributed by atoms with Crippen molar-refractivity contribution in [2.24, 2.45) is 0 Å². The molecule has 2 N–H and O–H groups in total. The smallest absolute Gasteiger partial charge is 0.171 e. The number of para-hydroxylation sites is 1. The minimum atomic E-state index is -0.130. The van der Waals surface area contributed by atoms with Crippen LogP contribution in [0.25, 0.3) is 0 Å². The van der Waals surface area contributed by atoms with Gasteiger partial charge in [0.1, 0.15) is 11.8 Å². The topological polar surface area (TPSA) is 37.2 Å². The summed E-state index contributed by atoms with van der Waals surface area (Å²) in [7, 11) is 0. The highest BCUT2D eigenvalue weighted by atomic mass is 32.1. The van der Waals surface area contributed by atoms with Gasteiger partial charge in [0.05, 0.1) is 6.26 Å². The Morgan fingerprint density at radius 1 is 1.00 bits per heavy atom. The minimum absolute atomic E-state index is 0.130. The van der Waals surface area contributed by atoms with Crippen LogP contribution in [-0.2, 0) is 6.42 Å². The van der Waals surface area contributed by atoms with Crippen molar-refractivity contribution >= 4 is 23.0 Å². The number of furan rings is 1. The second kappa shape index (κ2) is 7.79. The second-order valence-electron chi connectivity index (χ2n) is 5.47. The maximum absolute atomic E-state index is 5.60. The standard InChI is InChI=1S/C20H20N2OS/c1-2-15-9-6-7-12-17(15)21-20(24)22-19(18-13-8-14-23-18)16-10-4-3-5-11-16/h3-14,19H,2H2,1H3,(H2,21,22,24)/t19-/m0/s1. The Balaban J connectivity index is 1.79. The number of nitrogens with one attached hydrogen (secondary N) is 2. The van der Waals surface area contributed by atoms with Crippen molar-refractivity contribution in [1.82, 2.24) is 5.32 Å². The average molecular weight is 336 g/mol. The summed E-state index contributed by atoms with van der Waals surface area (Å²) in [5, 5.41) is 7.23. The van der Waals surface area contributed by atoms with Crippen LogP contribution in [-0.4, -0.2) is 5.11 Å². The van der Waals surface area contributed by atoms with E-state index in [0.29, 0.717) is 5.11 Å². The van der Waals surface area contributed by atoms with Gasteiger partial charge >= 0.3 is 0 Å². The molecule has 0 fully saturated rings. The van der Waals surface area contributed by atoms with Crippen LogP contribution in [0, 0.1) is 0 Å². The molecule has 1 atom stereocenters. The van der Waals surface area contributed by atoms with Crippen molar-refractivity contribution in [3.63, 3.8) is 0 Å². The predicted molar refractivity (Wildman–Crippen MR) is 102 cm³/mol. The molecule has 0 unspecified atom stereocenters. The molecule has 0 bridgehead atoms. The molecule has 1 aromatic heterocycles. The first-order chi connectivity index (χ1) is 11.8. The Hall–Kier alpha value is -2.59. The third kappa shape index (κ3) is 3.84. The quantitative estimate of drug-likeness (QED) is 0.649. The molecule has 0 saturated heterocycles. The molecule has 3 rings (SSSR count). The van der Waals surface area contributed by atoms with Gasteiger partial charge in [-0.2, -0.15) is 0 Å². The van der Waals surface area contributed by atoms with Gasteiger partial charge in [0.15, 0.2) is 5.11 Å². The third-order valence-electron chi connectivity index (χ3n) is 3.88. The molecular weight excluding hydrogens is 316 g/mol.